The van der Waals surface area contributed by atoms with Crippen LogP contribution in [0.3, 0.4) is 0 Å². The summed E-state index contributed by atoms with van der Waals surface area (Å²) in [4.78, 5) is 10.1. The standard InChI is InChI=1S/C82H86N4S5/c1-5-9-13-17-21-59-51-77(87-55-59)65-29-41-71(42-30-65)85(72-43-31-66(32-44-72)78-52-60(56-88-78)22-18-14-10-6-2)69-37-25-63(26-38-69)75-49-50-76(82-81(75)83-91-84-82)64-27-39-70(40-28-64)86(73-45-33-67(34-46-73)79-53-61(57-89-79)23-19-15-11-7-3)74-47-35-68(36-48-74)80-54-62(58-90-80)24-20-16-12-8-4/h25-58H,5-24H2,1-4H3. The summed E-state index contributed by atoms with van der Waals surface area (Å²) in [6, 6.07) is 68.9. The second kappa shape index (κ2) is 31.9. The normalized spacial score (nSPS) is 11.5. The van der Waals surface area contributed by atoms with E-state index in [9.17, 15) is 0 Å². The quantitative estimate of drug-likeness (QED) is 0.0393. The van der Waals surface area contributed by atoms with Crippen molar-refractivity contribution in [2.75, 3.05) is 9.80 Å². The zero-order chi connectivity index (χ0) is 62.1. The summed E-state index contributed by atoms with van der Waals surface area (Å²) in [5.41, 5.74) is 23.8. The Morgan fingerprint density at radius 1 is 0.264 bits per heavy atom. The fourth-order valence-electron chi connectivity index (χ4n) is 12.6. The van der Waals surface area contributed by atoms with Gasteiger partial charge >= 0.3 is 0 Å². The highest BCUT2D eigenvalue weighted by atomic mass is 32.1. The molecule has 5 heterocycles. The zero-order valence-corrected chi connectivity index (χ0v) is 57.7. The van der Waals surface area contributed by atoms with E-state index >= 15 is 0 Å². The van der Waals surface area contributed by atoms with Crippen molar-refractivity contribution in [1.82, 2.24) is 8.75 Å². The van der Waals surface area contributed by atoms with Crippen LogP contribution in [0.5, 0.6) is 0 Å². The van der Waals surface area contributed by atoms with Crippen LogP contribution in [0.2, 0.25) is 0 Å². The summed E-state index contributed by atoms with van der Waals surface area (Å²) in [6.45, 7) is 9.13. The van der Waals surface area contributed by atoms with E-state index in [2.05, 4.69) is 241 Å². The highest BCUT2D eigenvalue weighted by Gasteiger charge is 2.20. The Morgan fingerprint density at radius 2 is 0.495 bits per heavy atom. The van der Waals surface area contributed by atoms with Crippen LogP contribution in [-0.2, 0) is 25.7 Å². The van der Waals surface area contributed by atoms with Crippen LogP contribution in [0.4, 0.5) is 34.1 Å². The predicted octanol–water partition coefficient (Wildman–Crippen LogP) is 27.4. The number of unbranched alkanes of at least 4 members (excludes halogenated alkanes) is 12. The molecule has 0 radical (unpaired) electrons. The number of aromatic nitrogens is 2. The summed E-state index contributed by atoms with van der Waals surface area (Å²) in [5, 5.41) is 9.43. The van der Waals surface area contributed by atoms with E-state index in [-0.39, 0.29) is 0 Å². The van der Waals surface area contributed by atoms with Crippen molar-refractivity contribution in [2.45, 2.75) is 156 Å². The van der Waals surface area contributed by atoms with E-state index in [0.717, 1.165) is 93.1 Å². The van der Waals surface area contributed by atoms with Crippen molar-refractivity contribution in [3.05, 3.63) is 226 Å². The molecule has 0 saturated heterocycles. The fraction of sp³-hybridized carbons (Fsp3) is 0.293. The number of nitrogens with zero attached hydrogens (tertiary/aromatic N) is 4. The van der Waals surface area contributed by atoms with Crippen LogP contribution in [0.1, 0.15) is 153 Å². The Morgan fingerprint density at radius 3 is 0.725 bits per heavy atom. The molecule has 0 atom stereocenters. The lowest BCUT2D eigenvalue weighted by Gasteiger charge is -2.26. The molecule has 0 aliphatic heterocycles. The van der Waals surface area contributed by atoms with Gasteiger partial charge < -0.3 is 9.80 Å². The maximum absolute atomic E-state index is 4.99. The van der Waals surface area contributed by atoms with Gasteiger partial charge in [-0.15, -0.1) is 45.3 Å². The number of aryl methyl sites for hydroxylation is 4. The van der Waals surface area contributed by atoms with Gasteiger partial charge in [0.2, 0.25) is 0 Å². The van der Waals surface area contributed by atoms with Gasteiger partial charge in [0.25, 0.3) is 0 Å². The topological polar surface area (TPSA) is 32.3 Å². The van der Waals surface area contributed by atoms with Crippen LogP contribution >= 0.6 is 57.1 Å². The van der Waals surface area contributed by atoms with Crippen LogP contribution in [0.15, 0.2) is 204 Å². The van der Waals surface area contributed by atoms with Gasteiger partial charge in [0, 0.05) is 64.8 Å². The predicted molar refractivity (Wildman–Crippen MR) is 402 cm³/mol. The van der Waals surface area contributed by atoms with Crippen LogP contribution < -0.4 is 9.80 Å². The summed E-state index contributed by atoms with van der Waals surface area (Å²) >= 11 is 8.73. The van der Waals surface area contributed by atoms with E-state index in [0.29, 0.717) is 0 Å². The van der Waals surface area contributed by atoms with Crippen molar-refractivity contribution >= 4 is 102 Å². The molecule has 91 heavy (non-hydrogen) atoms. The lowest BCUT2D eigenvalue weighted by atomic mass is 9.97. The summed E-state index contributed by atoms with van der Waals surface area (Å²) in [7, 11) is 0. The molecule has 0 bridgehead atoms. The minimum Gasteiger partial charge on any atom is -0.311 e. The largest absolute Gasteiger partial charge is 0.311 e. The number of hydrogen-bond donors (Lipinski definition) is 0. The number of hydrogen-bond acceptors (Lipinski definition) is 9. The molecule has 0 spiro atoms. The van der Waals surface area contributed by atoms with Crippen molar-refractivity contribution in [3.8, 4) is 64.0 Å². The van der Waals surface area contributed by atoms with Crippen molar-refractivity contribution < 1.29 is 0 Å². The average molecular weight is 1290 g/mol. The van der Waals surface area contributed by atoms with Gasteiger partial charge in [-0.3, -0.25) is 0 Å². The molecule has 0 N–H and O–H groups in total. The third-order valence-corrected chi connectivity index (χ3v) is 22.5. The first-order chi connectivity index (χ1) is 44.9. The maximum atomic E-state index is 4.99. The Kier molecular flexibility index (Phi) is 22.4. The Hall–Kier alpha value is -7.24. The summed E-state index contributed by atoms with van der Waals surface area (Å²) in [5.74, 6) is 0. The molecule has 4 nitrogen and oxygen atoms in total. The van der Waals surface area contributed by atoms with Gasteiger partial charge in [-0.25, -0.2) is 0 Å². The van der Waals surface area contributed by atoms with Crippen LogP contribution in [0.25, 0.3) is 75.0 Å². The monoisotopic (exact) mass is 1290 g/mol. The molecular weight excluding hydrogens is 1200 g/mol. The zero-order valence-electron chi connectivity index (χ0n) is 53.6. The second-order valence-corrected chi connectivity index (χ2v) is 28.8. The molecular formula is C82H86N4S5. The number of benzene rings is 7. The molecule has 464 valence electrons. The Balaban J connectivity index is 0.807. The first-order valence-corrected chi connectivity index (χ1v) is 38.0. The molecule has 9 heteroatoms. The molecule has 0 amide bonds. The SMILES string of the molecule is CCCCCCc1csc(-c2ccc(N(c3ccc(-c4cc(CCCCCC)cs4)cc3)c3ccc(-c4ccc(-c5ccc(N(c6ccc(-c7cc(CCCCCC)cs7)cc6)c6ccc(-c7cc(CCCCCC)cs7)cc6)cc5)c5nsnc45)cc3)cc2)c1. The Bertz CT molecular complexity index is 3710. The van der Waals surface area contributed by atoms with Crippen molar-refractivity contribution in [2.24, 2.45) is 0 Å². The first kappa shape index (κ1) is 63.9. The second-order valence-electron chi connectivity index (χ2n) is 24.6. The molecule has 5 aromatic heterocycles. The van der Waals surface area contributed by atoms with Crippen LogP contribution in [0, 0.1) is 0 Å². The molecule has 12 aromatic rings. The average Bonchev–Trinajstić information content (AvgIpc) is 2.31. The first-order valence-electron chi connectivity index (χ1n) is 33.7. The number of thiophene rings is 4. The van der Waals surface area contributed by atoms with E-state index in [1.807, 2.05) is 45.3 Å². The minimum absolute atomic E-state index is 0.920. The van der Waals surface area contributed by atoms with E-state index in [1.54, 1.807) is 0 Å². The summed E-state index contributed by atoms with van der Waals surface area (Å²) in [6.07, 6.45) is 25.2. The van der Waals surface area contributed by atoms with Crippen molar-refractivity contribution in [3.63, 3.8) is 0 Å². The number of rotatable bonds is 32. The minimum atomic E-state index is 0.920. The molecule has 0 aliphatic carbocycles. The summed E-state index contributed by atoms with van der Waals surface area (Å²) < 4.78 is 9.97. The smallest absolute Gasteiger partial charge is 0.113 e. The lowest BCUT2D eigenvalue weighted by molar-refractivity contribution is 0.667. The fourth-order valence-corrected chi connectivity index (χ4v) is 17.0. The number of fused-ring (bicyclic) bond motifs is 1. The van der Waals surface area contributed by atoms with Gasteiger partial charge in [-0.1, -0.05) is 190 Å². The molecule has 7 aromatic carbocycles. The molecule has 0 aliphatic rings. The van der Waals surface area contributed by atoms with Gasteiger partial charge in [-0.05, 0) is 226 Å². The highest BCUT2D eigenvalue weighted by Crippen LogP contribution is 2.44. The van der Waals surface area contributed by atoms with Crippen LogP contribution in [-0.4, -0.2) is 8.75 Å². The van der Waals surface area contributed by atoms with Crippen molar-refractivity contribution in [1.29, 1.82) is 0 Å². The Labute approximate surface area is 562 Å². The molecule has 0 saturated carbocycles. The maximum Gasteiger partial charge on any atom is 0.113 e. The van der Waals surface area contributed by atoms with E-state index in [4.69, 9.17) is 8.75 Å². The van der Waals surface area contributed by atoms with E-state index < -0.39 is 0 Å². The molecule has 12 rings (SSSR count). The van der Waals surface area contributed by atoms with Gasteiger partial charge in [0.05, 0.1) is 11.7 Å². The molecule has 0 unspecified atom stereocenters. The highest BCUT2D eigenvalue weighted by molar-refractivity contribution is 7.14. The van der Waals surface area contributed by atoms with E-state index in [1.165, 1.54) is 178 Å². The van der Waals surface area contributed by atoms with Gasteiger partial charge in [-0.2, -0.15) is 8.75 Å². The van der Waals surface area contributed by atoms with Gasteiger partial charge in [0.15, 0.2) is 0 Å². The number of anilines is 6. The lowest BCUT2D eigenvalue weighted by Crippen LogP contribution is -2.09. The third kappa shape index (κ3) is 16.0. The van der Waals surface area contributed by atoms with Gasteiger partial charge in [0.1, 0.15) is 11.0 Å². The third-order valence-electron chi connectivity index (χ3n) is 17.8. The molecule has 0 fully saturated rings.